The first-order chi connectivity index (χ1) is 16.7. The molecular weight excluding hydrogens is 536 g/mol. The highest BCUT2D eigenvalue weighted by Gasteiger charge is 2.15. The van der Waals surface area contributed by atoms with E-state index in [0.29, 0.717) is 27.7 Å². The molecule has 10 heteroatoms. The Bertz CT molecular complexity index is 1280. The minimum atomic E-state index is -0.930. The van der Waals surface area contributed by atoms with Crippen molar-refractivity contribution in [3.05, 3.63) is 86.8 Å². The van der Waals surface area contributed by atoms with Gasteiger partial charge in [0.25, 0.3) is 5.91 Å². The van der Waals surface area contributed by atoms with Gasteiger partial charge < -0.3 is 15.4 Å². The van der Waals surface area contributed by atoms with Crippen molar-refractivity contribution in [1.82, 2.24) is 5.43 Å². The lowest BCUT2D eigenvalue weighted by molar-refractivity contribution is -0.136. The number of benzene rings is 3. The van der Waals surface area contributed by atoms with E-state index in [1.165, 1.54) is 6.21 Å². The average molecular weight is 558 g/mol. The summed E-state index contributed by atoms with van der Waals surface area (Å²) >= 11 is 9.41. The van der Waals surface area contributed by atoms with Gasteiger partial charge in [0.05, 0.1) is 16.9 Å². The highest BCUT2D eigenvalue weighted by molar-refractivity contribution is 9.10. The molecule has 0 unspecified atom stereocenters. The van der Waals surface area contributed by atoms with Gasteiger partial charge in [-0.25, -0.2) is 5.43 Å². The van der Waals surface area contributed by atoms with Gasteiger partial charge in [-0.15, -0.1) is 0 Å². The number of carbonyl (C=O) groups excluding carboxylic acids is 3. The van der Waals surface area contributed by atoms with E-state index in [0.717, 1.165) is 15.6 Å². The van der Waals surface area contributed by atoms with Crippen molar-refractivity contribution in [1.29, 1.82) is 0 Å². The van der Waals surface area contributed by atoms with E-state index in [2.05, 4.69) is 37.1 Å². The second kappa shape index (κ2) is 12.1. The number of nitrogens with zero attached hydrogens (tertiary/aromatic N) is 1. The van der Waals surface area contributed by atoms with Crippen molar-refractivity contribution >= 4 is 62.8 Å². The number of carbonyl (C=O) groups is 3. The van der Waals surface area contributed by atoms with Gasteiger partial charge in [0.15, 0.2) is 6.61 Å². The lowest BCUT2D eigenvalue weighted by atomic mass is 10.1. The number of anilines is 2. The van der Waals surface area contributed by atoms with Crippen molar-refractivity contribution in [2.45, 2.75) is 13.8 Å². The van der Waals surface area contributed by atoms with Crippen LogP contribution >= 0.6 is 27.5 Å². The first-order valence-electron chi connectivity index (χ1n) is 10.4. The molecule has 0 aromatic heterocycles. The second-order valence-corrected chi connectivity index (χ2v) is 8.74. The number of para-hydroxylation sites is 2. The molecular formula is C25H22BrClN4O4. The number of amides is 3. The minimum Gasteiger partial charge on any atom is -0.483 e. The maximum atomic E-state index is 12.3. The molecule has 0 radical (unpaired) electrons. The molecule has 0 saturated carbocycles. The van der Waals surface area contributed by atoms with E-state index in [-0.39, 0.29) is 6.61 Å². The summed E-state index contributed by atoms with van der Waals surface area (Å²) in [6.45, 7) is 3.39. The van der Waals surface area contributed by atoms with E-state index in [9.17, 15) is 14.4 Å². The normalized spacial score (nSPS) is 10.6. The second-order valence-electron chi connectivity index (χ2n) is 7.42. The van der Waals surface area contributed by atoms with Crippen LogP contribution in [0.3, 0.4) is 0 Å². The van der Waals surface area contributed by atoms with Crippen molar-refractivity contribution in [2.24, 2.45) is 5.10 Å². The Hall–Kier alpha value is -3.69. The van der Waals surface area contributed by atoms with Crippen molar-refractivity contribution < 1.29 is 19.1 Å². The molecule has 0 bridgehead atoms. The smallest absolute Gasteiger partial charge is 0.329 e. The summed E-state index contributed by atoms with van der Waals surface area (Å²) in [5, 5.41) is 9.53. The first-order valence-corrected chi connectivity index (χ1v) is 11.6. The van der Waals surface area contributed by atoms with Gasteiger partial charge in [0.2, 0.25) is 0 Å². The van der Waals surface area contributed by atoms with E-state index in [4.69, 9.17) is 16.3 Å². The average Bonchev–Trinajstić information content (AvgIpc) is 2.82. The molecule has 35 heavy (non-hydrogen) atoms. The molecule has 0 heterocycles. The summed E-state index contributed by atoms with van der Waals surface area (Å²) in [6.07, 6.45) is 1.32. The highest BCUT2D eigenvalue weighted by Crippen LogP contribution is 2.23. The Morgan fingerprint density at radius 3 is 2.40 bits per heavy atom. The molecule has 3 aromatic rings. The molecule has 3 N–H and O–H groups in total. The highest BCUT2D eigenvalue weighted by atomic mass is 79.9. The van der Waals surface area contributed by atoms with Crippen LogP contribution in [0.2, 0.25) is 5.02 Å². The van der Waals surface area contributed by atoms with Crippen LogP contribution in [0.4, 0.5) is 11.4 Å². The van der Waals surface area contributed by atoms with E-state index < -0.39 is 17.7 Å². The Kier molecular flexibility index (Phi) is 8.99. The number of rotatable bonds is 7. The molecule has 0 atom stereocenters. The number of hydrogen-bond acceptors (Lipinski definition) is 5. The molecule has 0 aliphatic heterocycles. The Labute approximate surface area is 215 Å². The standard InChI is InChI=1S/C25H22BrClN4O4/c1-15-6-5-7-16(2)23(15)30-24(33)25(34)31-28-13-17-12-18(26)10-11-21(17)35-14-22(32)29-20-9-4-3-8-19(20)27/h3-13H,14H2,1-2H3,(H,29,32)(H,30,33)(H,31,34)/b28-13-. The predicted octanol–water partition coefficient (Wildman–Crippen LogP) is 4.83. The molecule has 0 fully saturated rings. The van der Waals surface area contributed by atoms with Gasteiger partial charge in [-0.3, -0.25) is 14.4 Å². The Morgan fingerprint density at radius 2 is 1.69 bits per heavy atom. The Balaban J connectivity index is 1.60. The van der Waals surface area contributed by atoms with Crippen LogP contribution in [0.1, 0.15) is 16.7 Å². The number of nitrogens with one attached hydrogen (secondary N) is 3. The lowest BCUT2D eigenvalue weighted by Crippen LogP contribution is -2.32. The van der Waals surface area contributed by atoms with Crippen LogP contribution in [0.5, 0.6) is 5.75 Å². The molecule has 0 aliphatic carbocycles. The zero-order chi connectivity index (χ0) is 25.4. The maximum Gasteiger partial charge on any atom is 0.329 e. The van der Waals surface area contributed by atoms with E-state index >= 15 is 0 Å². The molecule has 0 spiro atoms. The molecule has 0 aliphatic rings. The molecule has 180 valence electrons. The SMILES string of the molecule is Cc1cccc(C)c1NC(=O)C(=O)N/N=C\c1cc(Br)ccc1OCC(=O)Nc1ccccc1Cl. The Morgan fingerprint density at radius 1 is 0.971 bits per heavy atom. The van der Waals surface area contributed by atoms with Gasteiger partial charge in [-0.2, -0.15) is 5.10 Å². The minimum absolute atomic E-state index is 0.280. The fourth-order valence-electron chi connectivity index (χ4n) is 3.04. The summed E-state index contributed by atoms with van der Waals surface area (Å²) in [7, 11) is 0. The summed E-state index contributed by atoms with van der Waals surface area (Å²) in [5.41, 5.74) is 5.39. The summed E-state index contributed by atoms with van der Waals surface area (Å²) < 4.78 is 6.34. The van der Waals surface area contributed by atoms with Gasteiger partial charge >= 0.3 is 11.8 Å². The molecule has 3 amide bonds. The maximum absolute atomic E-state index is 12.3. The topological polar surface area (TPSA) is 109 Å². The predicted molar refractivity (Wildman–Crippen MR) is 140 cm³/mol. The van der Waals surface area contributed by atoms with Crippen LogP contribution in [0, 0.1) is 13.8 Å². The van der Waals surface area contributed by atoms with Gasteiger partial charge in [0, 0.05) is 15.7 Å². The molecule has 8 nitrogen and oxygen atoms in total. The number of hydrogen-bond donors (Lipinski definition) is 3. The van der Waals surface area contributed by atoms with Crippen molar-refractivity contribution in [3.63, 3.8) is 0 Å². The number of ether oxygens (including phenoxy) is 1. The number of halogens is 2. The fraction of sp³-hybridized carbons (Fsp3) is 0.120. The fourth-order valence-corrected chi connectivity index (χ4v) is 3.60. The van der Waals surface area contributed by atoms with Gasteiger partial charge in [-0.1, -0.05) is 57.9 Å². The molecule has 0 saturated heterocycles. The van der Waals surface area contributed by atoms with Crippen LogP contribution in [0.25, 0.3) is 0 Å². The van der Waals surface area contributed by atoms with Gasteiger partial charge in [0.1, 0.15) is 5.75 Å². The summed E-state index contributed by atoms with van der Waals surface area (Å²) in [4.78, 5) is 36.7. The molecule has 3 aromatic carbocycles. The van der Waals surface area contributed by atoms with Crippen LogP contribution in [-0.2, 0) is 14.4 Å². The van der Waals surface area contributed by atoms with Crippen LogP contribution < -0.4 is 20.8 Å². The quantitative estimate of drug-likeness (QED) is 0.220. The van der Waals surface area contributed by atoms with E-state index in [1.807, 2.05) is 32.0 Å². The molecule has 3 rings (SSSR count). The third-order valence-corrected chi connectivity index (χ3v) is 5.60. The summed E-state index contributed by atoms with van der Waals surface area (Å²) in [6, 6.07) is 17.4. The largest absolute Gasteiger partial charge is 0.483 e. The van der Waals surface area contributed by atoms with Crippen LogP contribution in [0.15, 0.2) is 70.2 Å². The third kappa shape index (κ3) is 7.40. The number of aryl methyl sites for hydroxylation is 2. The third-order valence-electron chi connectivity index (χ3n) is 4.77. The van der Waals surface area contributed by atoms with Crippen molar-refractivity contribution in [2.75, 3.05) is 17.2 Å². The zero-order valence-corrected chi connectivity index (χ0v) is 21.2. The number of hydrazone groups is 1. The monoisotopic (exact) mass is 556 g/mol. The first kappa shape index (κ1) is 25.9. The lowest BCUT2D eigenvalue weighted by Gasteiger charge is -2.11. The van der Waals surface area contributed by atoms with E-state index in [1.54, 1.807) is 42.5 Å². The van der Waals surface area contributed by atoms with Crippen molar-refractivity contribution in [3.8, 4) is 5.75 Å². The van der Waals surface area contributed by atoms with Crippen LogP contribution in [-0.4, -0.2) is 30.5 Å². The zero-order valence-electron chi connectivity index (χ0n) is 18.9. The van der Waals surface area contributed by atoms with Gasteiger partial charge in [-0.05, 0) is 55.3 Å². The summed E-state index contributed by atoms with van der Waals surface area (Å²) in [5.74, 6) is -1.83.